The number of carbonyl (C=O) groups excluding carboxylic acids is 1. The number of piperidine rings is 1. The zero-order valence-electron chi connectivity index (χ0n) is 18.7. The molecule has 1 saturated heterocycles. The number of rotatable bonds is 8. The number of amides is 1. The first-order chi connectivity index (χ1) is 16.0. The Bertz CT molecular complexity index is 1100. The Morgan fingerprint density at radius 3 is 2.94 bits per heavy atom. The molecule has 8 heteroatoms. The first-order valence-electron chi connectivity index (χ1n) is 11.3. The normalized spacial score (nSPS) is 16.6. The molecule has 1 N–H and O–H groups in total. The average molecular weight is 487 g/mol. The molecule has 0 bridgehead atoms. The van der Waals surface area contributed by atoms with Gasteiger partial charge >= 0.3 is 0 Å². The smallest absolute Gasteiger partial charge is 0.241 e. The molecule has 0 radical (unpaired) electrons. The zero-order chi connectivity index (χ0) is 23.2. The van der Waals surface area contributed by atoms with Crippen LogP contribution in [0.4, 0.5) is 0 Å². The van der Waals surface area contributed by atoms with Crippen LogP contribution in [0.3, 0.4) is 0 Å². The summed E-state index contributed by atoms with van der Waals surface area (Å²) in [6.45, 7) is 4.88. The van der Waals surface area contributed by atoms with Crippen molar-refractivity contribution in [2.45, 2.75) is 39.2 Å². The van der Waals surface area contributed by atoms with Crippen molar-refractivity contribution < 1.29 is 9.32 Å². The van der Waals surface area contributed by atoms with Gasteiger partial charge in [0.2, 0.25) is 17.6 Å². The van der Waals surface area contributed by atoms with E-state index in [1.54, 1.807) is 18.2 Å². The number of nitrogens with one attached hydrogen (secondary N) is 1. The van der Waals surface area contributed by atoms with Crippen molar-refractivity contribution in [2.24, 2.45) is 5.92 Å². The maximum atomic E-state index is 12.7. The van der Waals surface area contributed by atoms with Crippen molar-refractivity contribution in [1.29, 1.82) is 0 Å². The van der Waals surface area contributed by atoms with Crippen LogP contribution in [-0.4, -0.2) is 40.6 Å². The van der Waals surface area contributed by atoms with Gasteiger partial charge in [-0.2, -0.15) is 4.98 Å². The van der Waals surface area contributed by atoms with Crippen LogP contribution < -0.4 is 5.32 Å². The molecule has 3 aromatic rings. The number of hydrogen-bond donors (Lipinski definition) is 1. The van der Waals surface area contributed by atoms with Gasteiger partial charge < -0.3 is 9.84 Å². The van der Waals surface area contributed by atoms with Crippen LogP contribution in [-0.2, 0) is 17.8 Å². The van der Waals surface area contributed by atoms with Crippen molar-refractivity contribution in [3.8, 4) is 11.4 Å². The van der Waals surface area contributed by atoms with Crippen LogP contribution in [0.25, 0.3) is 11.4 Å². The zero-order valence-corrected chi connectivity index (χ0v) is 20.2. The van der Waals surface area contributed by atoms with Crippen LogP contribution in [0, 0.1) is 12.8 Å². The van der Waals surface area contributed by atoms with Gasteiger partial charge in [-0.05, 0) is 62.9 Å². The van der Waals surface area contributed by atoms with E-state index in [0.717, 1.165) is 32.2 Å². The number of nitrogens with zero attached hydrogens (tertiary/aromatic N) is 3. The highest BCUT2D eigenvalue weighted by atomic mass is 35.5. The van der Waals surface area contributed by atoms with Gasteiger partial charge in [0.25, 0.3) is 0 Å². The van der Waals surface area contributed by atoms with Crippen LogP contribution in [0.15, 0.2) is 47.0 Å². The van der Waals surface area contributed by atoms with Crippen molar-refractivity contribution >= 4 is 29.1 Å². The van der Waals surface area contributed by atoms with E-state index in [0.29, 0.717) is 47.0 Å². The van der Waals surface area contributed by atoms with Gasteiger partial charge in [0.15, 0.2) is 0 Å². The fraction of sp³-hybridized carbons (Fsp3) is 0.400. The molecule has 0 spiro atoms. The van der Waals surface area contributed by atoms with E-state index in [9.17, 15) is 4.79 Å². The van der Waals surface area contributed by atoms with E-state index in [1.165, 1.54) is 11.1 Å². The molecule has 4 rings (SSSR count). The topological polar surface area (TPSA) is 71.3 Å². The van der Waals surface area contributed by atoms with Gasteiger partial charge in [-0.1, -0.05) is 58.2 Å². The second kappa shape index (κ2) is 11.1. The number of halogens is 2. The Balaban J connectivity index is 1.25. The standard InChI is InChI=1S/C25H28Cl2N4O2/c1-17-5-2-6-18(13-17)7-3-11-28-25(32)19-8-4-12-31(15-19)16-23-29-24(30-33-23)21-10-9-20(26)14-22(21)27/h2,5-6,9-10,13-14,19H,3-4,7-8,11-12,15-16H2,1H3,(H,28,32). The largest absolute Gasteiger partial charge is 0.356 e. The van der Waals surface area contributed by atoms with Crippen LogP contribution in [0.1, 0.15) is 36.3 Å². The van der Waals surface area contributed by atoms with Gasteiger partial charge in [0.05, 0.1) is 17.5 Å². The average Bonchev–Trinajstić information content (AvgIpc) is 3.25. The molecule has 2 aromatic carbocycles. The van der Waals surface area contributed by atoms with E-state index in [2.05, 4.69) is 51.5 Å². The second-order valence-electron chi connectivity index (χ2n) is 8.59. The number of aryl methyl sites for hydroxylation is 2. The lowest BCUT2D eigenvalue weighted by molar-refractivity contribution is -0.126. The summed E-state index contributed by atoms with van der Waals surface area (Å²) in [6, 6.07) is 13.7. The molecular formula is C25H28Cl2N4O2. The van der Waals surface area contributed by atoms with Gasteiger partial charge in [0, 0.05) is 23.7 Å². The predicted octanol–water partition coefficient (Wildman–Crippen LogP) is 5.31. The van der Waals surface area contributed by atoms with Crippen molar-refractivity contribution in [3.63, 3.8) is 0 Å². The summed E-state index contributed by atoms with van der Waals surface area (Å²) in [6.07, 6.45) is 3.76. The van der Waals surface area contributed by atoms with Gasteiger partial charge in [0.1, 0.15) is 0 Å². The first-order valence-corrected chi connectivity index (χ1v) is 12.1. The summed E-state index contributed by atoms with van der Waals surface area (Å²) < 4.78 is 5.44. The summed E-state index contributed by atoms with van der Waals surface area (Å²) in [5.74, 6) is 1.05. The molecule has 174 valence electrons. The number of hydrogen-bond acceptors (Lipinski definition) is 5. The third-order valence-electron chi connectivity index (χ3n) is 5.90. The van der Waals surface area contributed by atoms with Crippen molar-refractivity contribution in [3.05, 3.63) is 69.5 Å². The minimum Gasteiger partial charge on any atom is -0.356 e. The molecule has 0 aliphatic carbocycles. The van der Waals surface area contributed by atoms with Gasteiger partial charge in [-0.25, -0.2) is 0 Å². The number of aromatic nitrogens is 2. The van der Waals surface area contributed by atoms with Crippen LogP contribution in [0.5, 0.6) is 0 Å². The van der Waals surface area contributed by atoms with Crippen molar-refractivity contribution in [1.82, 2.24) is 20.4 Å². The van der Waals surface area contributed by atoms with Crippen molar-refractivity contribution in [2.75, 3.05) is 19.6 Å². The summed E-state index contributed by atoms with van der Waals surface area (Å²) in [7, 11) is 0. The number of benzene rings is 2. The highest BCUT2D eigenvalue weighted by Crippen LogP contribution is 2.28. The molecule has 1 fully saturated rings. The molecule has 1 amide bonds. The van der Waals surface area contributed by atoms with Gasteiger partial charge in [-0.15, -0.1) is 0 Å². The third-order valence-corrected chi connectivity index (χ3v) is 6.45. The summed E-state index contributed by atoms with van der Waals surface area (Å²) in [4.78, 5) is 19.4. The van der Waals surface area contributed by atoms with E-state index in [-0.39, 0.29) is 11.8 Å². The van der Waals surface area contributed by atoms with E-state index in [1.807, 2.05) is 0 Å². The van der Waals surface area contributed by atoms with Gasteiger partial charge in [-0.3, -0.25) is 9.69 Å². The summed E-state index contributed by atoms with van der Waals surface area (Å²) in [5.41, 5.74) is 3.26. The molecule has 1 atom stereocenters. The molecule has 0 saturated carbocycles. The second-order valence-corrected chi connectivity index (χ2v) is 9.44. The molecule has 1 aliphatic heterocycles. The minimum atomic E-state index is -0.0224. The molecule has 1 aromatic heterocycles. The maximum absolute atomic E-state index is 12.7. The quantitative estimate of drug-likeness (QED) is 0.436. The first kappa shape index (κ1) is 23.7. The fourth-order valence-electron chi connectivity index (χ4n) is 4.22. The Morgan fingerprint density at radius 1 is 1.24 bits per heavy atom. The minimum absolute atomic E-state index is 0.0224. The third kappa shape index (κ3) is 6.56. The summed E-state index contributed by atoms with van der Waals surface area (Å²) >= 11 is 12.2. The van der Waals surface area contributed by atoms with E-state index >= 15 is 0 Å². The molecular weight excluding hydrogens is 459 g/mol. The lowest BCUT2D eigenvalue weighted by Crippen LogP contribution is -2.43. The Morgan fingerprint density at radius 2 is 2.12 bits per heavy atom. The molecule has 2 heterocycles. The number of likely N-dealkylation sites (tertiary alicyclic amines) is 1. The van der Waals surface area contributed by atoms with Crippen LogP contribution >= 0.6 is 23.2 Å². The molecule has 6 nitrogen and oxygen atoms in total. The molecule has 33 heavy (non-hydrogen) atoms. The van der Waals surface area contributed by atoms with Crippen LogP contribution in [0.2, 0.25) is 10.0 Å². The fourth-order valence-corrected chi connectivity index (χ4v) is 4.71. The highest BCUT2D eigenvalue weighted by Gasteiger charge is 2.26. The highest BCUT2D eigenvalue weighted by molar-refractivity contribution is 6.36. The summed E-state index contributed by atoms with van der Waals surface area (Å²) in [5, 5.41) is 8.21. The monoisotopic (exact) mass is 486 g/mol. The lowest BCUT2D eigenvalue weighted by atomic mass is 9.97. The predicted molar refractivity (Wildman–Crippen MR) is 130 cm³/mol. The maximum Gasteiger partial charge on any atom is 0.241 e. The van der Waals surface area contributed by atoms with E-state index in [4.69, 9.17) is 27.7 Å². The molecule has 1 aliphatic rings. The Labute approximate surface area is 204 Å². The number of carbonyl (C=O) groups is 1. The SMILES string of the molecule is Cc1cccc(CCCNC(=O)C2CCCN(Cc3nc(-c4ccc(Cl)cc4Cl)no3)C2)c1. The Kier molecular flexibility index (Phi) is 8.02. The Hall–Kier alpha value is -2.41. The molecule has 1 unspecified atom stereocenters. The van der Waals surface area contributed by atoms with E-state index < -0.39 is 0 Å². The lowest BCUT2D eigenvalue weighted by Gasteiger charge is -2.30.